The maximum atomic E-state index is 11.9. The Morgan fingerprint density at radius 3 is 2.65 bits per heavy atom. The van der Waals surface area contributed by atoms with Crippen molar-refractivity contribution in [3.05, 3.63) is 52.0 Å². The van der Waals surface area contributed by atoms with E-state index >= 15 is 0 Å². The normalized spacial score (nSPS) is 15.9. The summed E-state index contributed by atoms with van der Waals surface area (Å²) >= 11 is 12.3. The summed E-state index contributed by atoms with van der Waals surface area (Å²) in [7, 11) is 1.69. The molecule has 23 heavy (non-hydrogen) atoms. The number of hydrogen-bond acceptors (Lipinski definition) is 3. The molecule has 6 heteroatoms. The largest absolute Gasteiger partial charge is 0.438 e. The summed E-state index contributed by atoms with van der Waals surface area (Å²) in [4.78, 5) is 13.4. The van der Waals surface area contributed by atoms with Crippen molar-refractivity contribution in [3.8, 4) is 0 Å². The van der Waals surface area contributed by atoms with Crippen LogP contribution in [0.15, 0.2) is 36.4 Å². The zero-order chi connectivity index (χ0) is 16.8. The van der Waals surface area contributed by atoms with E-state index < -0.39 is 5.60 Å². The molecule has 1 amide bonds. The van der Waals surface area contributed by atoms with Crippen LogP contribution in [-0.4, -0.2) is 13.1 Å². The second-order valence-corrected chi connectivity index (χ2v) is 6.68. The van der Waals surface area contributed by atoms with Gasteiger partial charge in [-0.15, -0.1) is 0 Å². The highest BCUT2D eigenvalue weighted by Gasteiger charge is 2.36. The second-order valence-electron chi connectivity index (χ2n) is 5.90. The molecule has 120 valence electrons. The standard InChI is InChI=1S/C17H16Cl2N2O2/c1-17(2)11-9-10(7-8-14(11)21(3)16(22)23-17)20-13-6-4-5-12(18)15(13)19/h4-9,20H,1-3H3. The van der Waals surface area contributed by atoms with Crippen LogP contribution in [-0.2, 0) is 10.3 Å². The van der Waals surface area contributed by atoms with Gasteiger partial charge in [0.25, 0.3) is 0 Å². The minimum absolute atomic E-state index is 0.360. The Morgan fingerprint density at radius 1 is 1.17 bits per heavy atom. The molecule has 2 aromatic carbocycles. The number of fused-ring (bicyclic) bond motifs is 1. The van der Waals surface area contributed by atoms with Crippen LogP contribution in [0.5, 0.6) is 0 Å². The number of hydrogen-bond donors (Lipinski definition) is 1. The molecule has 0 aliphatic carbocycles. The van der Waals surface area contributed by atoms with E-state index in [1.807, 2.05) is 44.2 Å². The molecule has 4 nitrogen and oxygen atoms in total. The molecule has 0 saturated carbocycles. The molecule has 0 saturated heterocycles. The molecule has 1 aliphatic heterocycles. The SMILES string of the molecule is CN1C(=O)OC(C)(C)c2cc(Nc3cccc(Cl)c3Cl)ccc21. The number of cyclic esters (lactones) is 1. The van der Waals surface area contributed by atoms with Gasteiger partial charge in [-0.3, -0.25) is 4.90 Å². The van der Waals surface area contributed by atoms with Crippen molar-refractivity contribution in [1.29, 1.82) is 0 Å². The first-order chi connectivity index (χ1) is 10.8. The van der Waals surface area contributed by atoms with Crippen molar-refractivity contribution in [2.45, 2.75) is 19.4 Å². The van der Waals surface area contributed by atoms with Crippen molar-refractivity contribution < 1.29 is 9.53 Å². The van der Waals surface area contributed by atoms with Gasteiger partial charge < -0.3 is 10.1 Å². The molecular weight excluding hydrogens is 335 g/mol. The Kier molecular flexibility index (Phi) is 3.90. The molecule has 1 N–H and O–H groups in total. The second kappa shape index (κ2) is 5.62. The van der Waals surface area contributed by atoms with Gasteiger partial charge in [-0.25, -0.2) is 4.79 Å². The third-order valence-electron chi connectivity index (χ3n) is 3.85. The van der Waals surface area contributed by atoms with Crippen molar-refractivity contribution >= 4 is 46.4 Å². The summed E-state index contributed by atoms with van der Waals surface area (Å²) in [6.07, 6.45) is -0.360. The van der Waals surface area contributed by atoms with Gasteiger partial charge in [0, 0.05) is 18.3 Å². The molecule has 1 aliphatic rings. The van der Waals surface area contributed by atoms with Crippen molar-refractivity contribution in [2.75, 3.05) is 17.3 Å². The quantitative estimate of drug-likeness (QED) is 0.770. The Morgan fingerprint density at radius 2 is 1.91 bits per heavy atom. The zero-order valence-corrected chi connectivity index (χ0v) is 14.5. The number of ether oxygens (including phenoxy) is 1. The molecular formula is C17H16Cl2N2O2. The average Bonchev–Trinajstić information content (AvgIpc) is 2.49. The number of anilines is 3. The maximum absolute atomic E-state index is 11.9. The van der Waals surface area contributed by atoms with Gasteiger partial charge in [0.05, 0.1) is 21.4 Å². The fraction of sp³-hybridized carbons (Fsp3) is 0.235. The maximum Gasteiger partial charge on any atom is 0.414 e. The van der Waals surface area contributed by atoms with Crippen LogP contribution in [0.2, 0.25) is 10.0 Å². The lowest BCUT2D eigenvalue weighted by Gasteiger charge is -2.37. The number of amides is 1. The molecule has 0 radical (unpaired) electrons. The topological polar surface area (TPSA) is 41.6 Å². The Bertz CT molecular complexity index is 790. The summed E-state index contributed by atoms with van der Waals surface area (Å²) < 4.78 is 5.47. The fourth-order valence-corrected chi connectivity index (χ4v) is 2.93. The van der Waals surface area contributed by atoms with Crippen LogP contribution in [0.3, 0.4) is 0 Å². The molecule has 0 bridgehead atoms. The molecule has 0 fully saturated rings. The van der Waals surface area contributed by atoms with Crippen LogP contribution < -0.4 is 10.2 Å². The van der Waals surface area contributed by atoms with E-state index in [0.29, 0.717) is 10.0 Å². The summed E-state index contributed by atoms with van der Waals surface area (Å²) in [5.74, 6) is 0. The number of carbonyl (C=O) groups is 1. The predicted molar refractivity (Wildman–Crippen MR) is 94.1 cm³/mol. The van der Waals surface area contributed by atoms with E-state index in [-0.39, 0.29) is 6.09 Å². The first kappa shape index (κ1) is 16.0. The minimum atomic E-state index is -0.700. The summed E-state index contributed by atoms with van der Waals surface area (Å²) in [5, 5.41) is 4.21. The van der Waals surface area contributed by atoms with E-state index in [1.54, 1.807) is 13.1 Å². The predicted octanol–water partition coefficient (Wildman–Crippen LogP) is 5.56. The van der Waals surface area contributed by atoms with E-state index in [9.17, 15) is 4.79 Å². The van der Waals surface area contributed by atoms with Gasteiger partial charge in [0.2, 0.25) is 0 Å². The van der Waals surface area contributed by atoms with E-state index in [4.69, 9.17) is 27.9 Å². The van der Waals surface area contributed by atoms with Gasteiger partial charge in [-0.1, -0.05) is 29.3 Å². The zero-order valence-electron chi connectivity index (χ0n) is 13.0. The molecule has 0 unspecified atom stereocenters. The Hall–Kier alpha value is -1.91. The van der Waals surface area contributed by atoms with Gasteiger partial charge in [0.1, 0.15) is 5.60 Å². The highest BCUT2D eigenvalue weighted by molar-refractivity contribution is 6.43. The molecule has 2 aromatic rings. The smallest absolute Gasteiger partial charge is 0.414 e. The van der Waals surface area contributed by atoms with Crippen molar-refractivity contribution in [2.24, 2.45) is 0 Å². The highest BCUT2D eigenvalue weighted by atomic mass is 35.5. The lowest BCUT2D eigenvalue weighted by atomic mass is 9.93. The van der Waals surface area contributed by atoms with Gasteiger partial charge in [0.15, 0.2) is 0 Å². The number of nitrogens with zero attached hydrogens (tertiary/aromatic N) is 1. The minimum Gasteiger partial charge on any atom is -0.438 e. The number of rotatable bonds is 2. The lowest BCUT2D eigenvalue weighted by molar-refractivity contribution is 0.0362. The molecule has 0 spiro atoms. The lowest BCUT2D eigenvalue weighted by Crippen LogP contribution is -2.41. The Balaban J connectivity index is 2.01. The van der Waals surface area contributed by atoms with E-state index in [0.717, 1.165) is 22.6 Å². The van der Waals surface area contributed by atoms with Crippen LogP contribution in [0, 0.1) is 0 Å². The fourth-order valence-electron chi connectivity index (χ4n) is 2.58. The van der Waals surface area contributed by atoms with Crippen molar-refractivity contribution in [1.82, 2.24) is 0 Å². The number of benzene rings is 2. The first-order valence-corrected chi connectivity index (χ1v) is 7.87. The van der Waals surface area contributed by atoms with Gasteiger partial charge in [-0.05, 0) is 44.2 Å². The monoisotopic (exact) mass is 350 g/mol. The van der Waals surface area contributed by atoms with Crippen LogP contribution in [0.25, 0.3) is 0 Å². The molecule has 3 rings (SSSR count). The van der Waals surface area contributed by atoms with E-state index in [1.165, 1.54) is 4.90 Å². The number of halogens is 2. The van der Waals surface area contributed by atoms with E-state index in [2.05, 4.69) is 5.32 Å². The van der Waals surface area contributed by atoms with Crippen molar-refractivity contribution in [3.63, 3.8) is 0 Å². The molecule has 0 aromatic heterocycles. The summed E-state index contributed by atoms with van der Waals surface area (Å²) in [6.45, 7) is 3.74. The third kappa shape index (κ3) is 2.84. The third-order valence-corrected chi connectivity index (χ3v) is 4.67. The average molecular weight is 351 g/mol. The van der Waals surface area contributed by atoms with Crippen LogP contribution >= 0.6 is 23.2 Å². The number of nitrogens with one attached hydrogen (secondary N) is 1. The molecule has 1 heterocycles. The first-order valence-electron chi connectivity index (χ1n) is 7.12. The Labute approximate surface area is 144 Å². The summed E-state index contributed by atoms with van der Waals surface area (Å²) in [6, 6.07) is 11.1. The molecule has 0 atom stereocenters. The number of carbonyl (C=O) groups excluding carboxylic acids is 1. The van der Waals surface area contributed by atoms with Crippen LogP contribution in [0.1, 0.15) is 19.4 Å². The van der Waals surface area contributed by atoms with Crippen LogP contribution in [0.4, 0.5) is 21.9 Å². The highest BCUT2D eigenvalue weighted by Crippen LogP contribution is 2.40. The van der Waals surface area contributed by atoms with Gasteiger partial charge in [-0.2, -0.15) is 0 Å². The summed E-state index contributed by atoms with van der Waals surface area (Å²) in [5.41, 5.74) is 2.61. The van der Waals surface area contributed by atoms with Gasteiger partial charge >= 0.3 is 6.09 Å².